The number of hydrogen-bond donors (Lipinski definition) is 1. The van der Waals surface area contributed by atoms with Crippen molar-refractivity contribution in [1.29, 1.82) is 5.26 Å². The van der Waals surface area contributed by atoms with Crippen molar-refractivity contribution in [3.8, 4) is 6.07 Å². The van der Waals surface area contributed by atoms with Gasteiger partial charge in [0.05, 0.1) is 11.6 Å². The van der Waals surface area contributed by atoms with E-state index < -0.39 is 0 Å². The van der Waals surface area contributed by atoms with Gasteiger partial charge in [-0.2, -0.15) is 5.26 Å². The first-order chi connectivity index (χ1) is 12.1. The van der Waals surface area contributed by atoms with E-state index in [1.54, 1.807) is 48.3 Å². The number of benzene rings is 2. The molecule has 1 N–H and O–H groups in total. The Kier molecular flexibility index (Phi) is 4.80. The SMILES string of the molecule is CN(Cc1ccc(C(=O)NC2CC2)cc1)C(=O)c1ccc(C#N)cc1. The molecule has 0 heterocycles. The monoisotopic (exact) mass is 333 g/mol. The van der Waals surface area contributed by atoms with Gasteiger partial charge < -0.3 is 10.2 Å². The van der Waals surface area contributed by atoms with E-state index in [9.17, 15) is 9.59 Å². The maximum Gasteiger partial charge on any atom is 0.253 e. The van der Waals surface area contributed by atoms with Crippen LogP contribution < -0.4 is 5.32 Å². The minimum Gasteiger partial charge on any atom is -0.349 e. The highest BCUT2D eigenvalue weighted by atomic mass is 16.2. The van der Waals surface area contributed by atoms with Crippen molar-refractivity contribution in [2.24, 2.45) is 0 Å². The van der Waals surface area contributed by atoms with Crippen LogP contribution in [0.4, 0.5) is 0 Å². The third-order valence-corrected chi connectivity index (χ3v) is 4.16. The van der Waals surface area contributed by atoms with Crippen molar-refractivity contribution in [2.45, 2.75) is 25.4 Å². The lowest BCUT2D eigenvalue weighted by Gasteiger charge is -2.17. The molecule has 2 amide bonds. The summed E-state index contributed by atoms with van der Waals surface area (Å²) in [6, 6.07) is 16.2. The number of amides is 2. The quantitative estimate of drug-likeness (QED) is 0.914. The zero-order chi connectivity index (χ0) is 17.8. The molecule has 0 atom stereocenters. The van der Waals surface area contributed by atoms with E-state index in [-0.39, 0.29) is 11.8 Å². The fourth-order valence-corrected chi connectivity index (χ4v) is 2.51. The second kappa shape index (κ2) is 7.18. The number of nitrogens with one attached hydrogen (secondary N) is 1. The number of carbonyl (C=O) groups excluding carboxylic acids is 2. The van der Waals surface area contributed by atoms with Gasteiger partial charge in [-0.15, -0.1) is 0 Å². The van der Waals surface area contributed by atoms with Gasteiger partial charge in [-0.3, -0.25) is 9.59 Å². The summed E-state index contributed by atoms with van der Waals surface area (Å²) < 4.78 is 0. The van der Waals surface area contributed by atoms with Crippen molar-refractivity contribution in [3.63, 3.8) is 0 Å². The zero-order valence-electron chi connectivity index (χ0n) is 14.0. The van der Waals surface area contributed by atoms with E-state index in [4.69, 9.17) is 5.26 Å². The van der Waals surface area contributed by atoms with Crippen LogP contribution in [0.15, 0.2) is 48.5 Å². The molecule has 1 aliphatic rings. The minimum atomic E-state index is -0.111. The fraction of sp³-hybridized carbons (Fsp3) is 0.250. The molecule has 5 heteroatoms. The molecule has 0 bridgehead atoms. The fourth-order valence-electron chi connectivity index (χ4n) is 2.51. The third-order valence-electron chi connectivity index (χ3n) is 4.16. The average Bonchev–Trinajstić information content (AvgIpc) is 3.45. The van der Waals surface area contributed by atoms with Gasteiger partial charge in [0.1, 0.15) is 0 Å². The van der Waals surface area contributed by atoms with Crippen LogP contribution in [0.2, 0.25) is 0 Å². The van der Waals surface area contributed by atoms with E-state index in [2.05, 4.69) is 5.32 Å². The number of hydrogen-bond acceptors (Lipinski definition) is 3. The lowest BCUT2D eigenvalue weighted by molar-refractivity contribution is 0.0784. The van der Waals surface area contributed by atoms with Gasteiger partial charge in [0.2, 0.25) is 0 Å². The molecule has 0 aliphatic heterocycles. The van der Waals surface area contributed by atoms with Gasteiger partial charge in [-0.05, 0) is 54.8 Å². The van der Waals surface area contributed by atoms with Crippen LogP contribution in [-0.2, 0) is 6.54 Å². The highest BCUT2D eigenvalue weighted by molar-refractivity contribution is 5.95. The largest absolute Gasteiger partial charge is 0.349 e. The Morgan fingerprint density at radius 3 is 2.24 bits per heavy atom. The summed E-state index contributed by atoms with van der Waals surface area (Å²) in [5.74, 6) is -0.156. The van der Waals surface area contributed by atoms with Crippen LogP contribution in [-0.4, -0.2) is 29.8 Å². The van der Waals surface area contributed by atoms with Crippen molar-refractivity contribution < 1.29 is 9.59 Å². The Hall–Kier alpha value is -3.13. The summed E-state index contributed by atoms with van der Waals surface area (Å²) in [5.41, 5.74) is 2.66. The average molecular weight is 333 g/mol. The van der Waals surface area contributed by atoms with Gasteiger partial charge in [0.25, 0.3) is 11.8 Å². The standard InChI is InChI=1S/C20H19N3O2/c1-23(20(25)17-8-2-14(12-21)3-9-17)13-15-4-6-16(7-5-15)19(24)22-18-10-11-18/h2-9,18H,10-11,13H2,1H3,(H,22,24). The van der Waals surface area contributed by atoms with Crippen LogP contribution in [0.25, 0.3) is 0 Å². The topological polar surface area (TPSA) is 73.2 Å². The van der Waals surface area contributed by atoms with Crippen LogP contribution in [0.1, 0.15) is 44.7 Å². The molecule has 2 aromatic rings. The van der Waals surface area contributed by atoms with E-state index in [0.29, 0.717) is 29.3 Å². The van der Waals surface area contributed by atoms with Gasteiger partial charge in [-0.25, -0.2) is 0 Å². The maximum absolute atomic E-state index is 12.4. The van der Waals surface area contributed by atoms with Crippen molar-refractivity contribution in [1.82, 2.24) is 10.2 Å². The molecular weight excluding hydrogens is 314 g/mol. The van der Waals surface area contributed by atoms with E-state index >= 15 is 0 Å². The van der Waals surface area contributed by atoms with E-state index in [1.807, 2.05) is 18.2 Å². The molecule has 0 radical (unpaired) electrons. The van der Waals surface area contributed by atoms with Crippen molar-refractivity contribution >= 4 is 11.8 Å². The molecule has 3 rings (SSSR count). The van der Waals surface area contributed by atoms with E-state index in [0.717, 1.165) is 18.4 Å². The van der Waals surface area contributed by atoms with Crippen LogP contribution in [0, 0.1) is 11.3 Å². The highest BCUT2D eigenvalue weighted by Gasteiger charge is 2.23. The Labute approximate surface area is 146 Å². The molecule has 1 fully saturated rings. The number of rotatable bonds is 5. The van der Waals surface area contributed by atoms with Crippen LogP contribution in [0.3, 0.4) is 0 Å². The second-order valence-corrected chi connectivity index (χ2v) is 6.30. The van der Waals surface area contributed by atoms with E-state index in [1.165, 1.54) is 0 Å². The molecule has 126 valence electrons. The van der Waals surface area contributed by atoms with Crippen molar-refractivity contribution in [3.05, 3.63) is 70.8 Å². The molecule has 0 spiro atoms. The molecule has 0 aromatic heterocycles. The second-order valence-electron chi connectivity index (χ2n) is 6.30. The number of carbonyl (C=O) groups is 2. The summed E-state index contributed by atoms with van der Waals surface area (Å²) in [5, 5.41) is 11.8. The van der Waals surface area contributed by atoms with Gasteiger partial charge in [0, 0.05) is 30.8 Å². The van der Waals surface area contributed by atoms with Crippen LogP contribution in [0.5, 0.6) is 0 Å². The first kappa shape index (κ1) is 16.7. The summed E-state index contributed by atoms with van der Waals surface area (Å²) >= 11 is 0. The first-order valence-corrected chi connectivity index (χ1v) is 8.22. The summed E-state index contributed by atoms with van der Waals surface area (Å²) in [6.45, 7) is 0.448. The molecule has 2 aromatic carbocycles. The summed E-state index contributed by atoms with van der Waals surface area (Å²) in [4.78, 5) is 26.0. The Morgan fingerprint density at radius 2 is 1.68 bits per heavy atom. The molecule has 25 heavy (non-hydrogen) atoms. The lowest BCUT2D eigenvalue weighted by atomic mass is 10.1. The van der Waals surface area contributed by atoms with Crippen molar-refractivity contribution in [2.75, 3.05) is 7.05 Å². The smallest absolute Gasteiger partial charge is 0.253 e. The molecule has 0 saturated heterocycles. The van der Waals surface area contributed by atoms with Gasteiger partial charge in [-0.1, -0.05) is 12.1 Å². The third kappa shape index (κ3) is 4.24. The normalized spacial score (nSPS) is 13.0. The lowest BCUT2D eigenvalue weighted by Crippen LogP contribution is -2.26. The summed E-state index contributed by atoms with van der Waals surface area (Å²) in [7, 11) is 1.73. The molecule has 0 unspecified atom stereocenters. The number of nitriles is 1. The molecule has 1 saturated carbocycles. The molecule has 1 aliphatic carbocycles. The van der Waals surface area contributed by atoms with Gasteiger partial charge >= 0.3 is 0 Å². The maximum atomic E-state index is 12.4. The predicted octanol–water partition coefficient (Wildman–Crippen LogP) is 2.72. The van der Waals surface area contributed by atoms with Gasteiger partial charge in [0.15, 0.2) is 0 Å². The minimum absolute atomic E-state index is 0.0453. The molecule has 5 nitrogen and oxygen atoms in total. The molecular formula is C20H19N3O2. The van der Waals surface area contributed by atoms with Crippen LogP contribution >= 0.6 is 0 Å². The predicted molar refractivity (Wildman–Crippen MR) is 93.9 cm³/mol. The Balaban J connectivity index is 1.61. The Morgan fingerprint density at radius 1 is 1.08 bits per heavy atom. The first-order valence-electron chi connectivity index (χ1n) is 8.22. The Bertz CT molecular complexity index is 816. The number of nitrogens with zero attached hydrogens (tertiary/aromatic N) is 2. The highest BCUT2D eigenvalue weighted by Crippen LogP contribution is 2.19. The summed E-state index contributed by atoms with van der Waals surface area (Å²) in [6.07, 6.45) is 2.12. The zero-order valence-corrected chi connectivity index (χ0v) is 14.0.